The Hall–Kier alpha value is -1.72. The third-order valence-corrected chi connectivity index (χ3v) is 4.58. The number of nitrogens with zero attached hydrogens (tertiary/aromatic N) is 2. The molecule has 0 radical (unpaired) electrons. The van der Waals surface area contributed by atoms with Crippen molar-refractivity contribution in [2.75, 3.05) is 13.1 Å². The van der Waals surface area contributed by atoms with Gasteiger partial charge in [0.15, 0.2) is 0 Å². The molecule has 1 aromatic heterocycles. The highest BCUT2D eigenvalue weighted by atomic mass is 19.1. The van der Waals surface area contributed by atoms with E-state index in [1.807, 2.05) is 13.0 Å². The van der Waals surface area contributed by atoms with Crippen LogP contribution in [0.15, 0.2) is 30.6 Å². The summed E-state index contributed by atoms with van der Waals surface area (Å²) in [6.07, 6.45) is 4.74. The Morgan fingerprint density at radius 2 is 2.18 bits per heavy atom. The average molecular weight is 303 g/mol. The lowest BCUT2D eigenvalue weighted by Gasteiger charge is -2.34. The lowest BCUT2D eigenvalue weighted by atomic mass is 9.90. The van der Waals surface area contributed by atoms with Crippen LogP contribution >= 0.6 is 0 Å². The quantitative estimate of drug-likeness (QED) is 0.913. The number of likely N-dealkylation sites (tertiary alicyclic amines) is 1. The zero-order valence-corrected chi connectivity index (χ0v) is 12.8. The standard InChI is InChI=1S/C17H22FN3O/c1-12-2-3-15(18)10-14(12)11-21-8-4-13(5-9-21)16(22)17-19-6-7-20-17/h2-3,6-7,10,13,16,22H,4-5,8-9,11H2,1H3,(H,19,20). The molecule has 0 amide bonds. The van der Waals surface area contributed by atoms with Crippen molar-refractivity contribution in [2.24, 2.45) is 5.92 Å². The fraction of sp³-hybridized carbons (Fsp3) is 0.471. The van der Waals surface area contributed by atoms with Crippen LogP contribution in [0.1, 0.15) is 35.9 Å². The summed E-state index contributed by atoms with van der Waals surface area (Å²) in [5.41, 5.74) is 2.17. The van der Waals surface area contributed by atoms with E-state index in [2.05, 4.69) is 14.9 Å². The van der Waals surface area contributed by atoms with E-state index in [-0.39, 0.29) is 11.7 Å². The minimum absolute atomic E-state index is 0.177. The highest BCUT2D eigenvalue weighted by Crippen LogP contribution is 2.29. The van der Waals surface area contributed by atoms with Crippen molar-refractivity contribution in [3.05, 3.63) is 53.4 Å². The summed E-state index contributed by atoms with van der Waals surface area (Å²) in [5.74, 6) is 0.708. The molecule has 5 heteroatoms. The van der Waals surface area contributed by atoms with E-state index in [0.29, 0.717) is 5.82 Å². The van der Waals surface area contributed by atoms with Crippen LogP contribution in [0, 0.1) is 18.7 Å². The van der Waals surface area contributed by atoms with E-state index in [1.165, 1.54) is 6.07 Å². The van der Waals surface area contributed by atoms with Crippen LogP contribution in [0.5, 0.6) is 0 Å². The summed E-state index contributed by atoms with van der Waals surface area (Å²) >= 11 is 0. The molecule has 0 saturated carbocycles. The number of benzene rings is 1. The number of rotatable bonds is 4. The van der Waals surface area contributed by atoms with Crippen LogP contribution in [-0.4, -0.2) is 33.1 Å². The van der Waals surface area contributed by atoms with E-state index in [9.17, 15) is 9.50 Å². The smallest absolute Gasteiger partial charge is 0.135 e. The van der Waals surface area contributed by atoms with Gasteiger partial charge >= 0.3 is 0 Å². The van der Waals surface area contributed by atoms with Gasteiger partial charge in [-0.15, -0.1) is 0 Å². The number of halogens is 1. The van der Waals surface area contributed by atoms with E-state index in [0.717, 1.165) is 43.6 Å². The lowest BCUT2D eigenvalue weighted by molar-refractivity contribution is 0.0514. The zero-order valence-electron chi connectivity index (χ0n) is 12.8. The maximum absolute atomic E-state index is 13.4. The van der Waals surface area contributed by atoms with Crippen molar-refractivity contribution in [1.82, 2.24) is 14.9 Å². The first-order chi connectivity index (χ1) is 10.6. The highest BCUT2D eigenvalue weighted by molar-refractivity contribution is 5.26. The molecule has 22 heavy (non-hydrogen) atoms. The second-order valence-electron chi connectivity index (χ2n) is 6.10. The number of hydrogen-bond acceptors (Lipinski definition) is 3. The third-order valence-electron chi connectivity index (χ3n) is 4.58. The number of aryl methyl sites for hydroxylation is 1. The second-order valence-corrected chi connectivity index (χ2v) is 6.10. The van der Waals surface area contributed by atoms with Gasteiger partial charge in [0.25, 0.3) is 0 Å². The van der Waals surface area contributed by atoms with Crippen molar-refractivity contribution in [3.63, 3.8) is 0 Å². The molecule has 3 rings (SSSR count). The molecular formula is C17H22FN3O. The van der Waals surface area contributed by atoms with Gasteiger partial charge in [-0.25, -0.2) is 9.37 Å². The average Bonchev–Trinajstić information content (AvgIpc) is 3.05. The molecule has 118 valence electrons. The summed E-state index contributed by atoms with van der Waals surface area (Å²) in [6, 6.07) is 4.96. The van der Waals surface area contributed by atoms with Crippen molar-refractivity contribution < 1.29 is 9.50 Å². The van der Waals surface area contributed by atoms with Gasteiger partial charge in [0.05, 0.1) is 0 Å². The molecule has 0 spiro atoms. The summed E-state index contributed by atoms with van der Waals surface area (Å²) < 4.78 is 13.4. The van der Waals surface area contributed by atoms with Crippen molar-refractivity contribution in [3.8, 4) is 0 Å². The molecule has 1 aliphatic heterocycles. The minimum atomic E-state index is -0.520. The number of H-pyrrole nitrogens is 1. The van der Waals surface area contributed by atoms with Crippen LogP contribution < -0.4 is 0 Å². The zero-order chi connectivity index (χ0) is 15.5. The number of imidazole rings is 1. The molecule has 1 aliphatic rings. The van der Waals surface area contributed by atoms with Crippen molar-refractivity contribution in [2.45, 2.75) is 32.4 Å². The van der Waals surface area contributed by atoms with Gasteiger partial charge in [0.1, 0.15) is 17.7 Å². The molecule has 1 aromatic carbocycles. The first kappa shape index (κ1) is 15.2. The monoisotopic (exact) mass is 303 g/mol. The molecule has 4 nitrogen and oxygen atoms in total. The Labute approximate surface area is 130 Å². The van der Waals surface area contributed by atoms with Gasteiger partial charge in [-0.2, -0.15) is 0 Å². The largest absolute Gasteiger partial charge is 0.385 e. The first-order valence-corrected chi connectivity index (χ1v) is 7.78. The Morgan fingerprint density at radius 1 is 1.41 bits per heavy atom. The molecule has 2 N–H and O–H groups in total. The predicted molar refractivity (Wildman–Crippen MR) is 82.7 cm³/mol. The van der Waals surface area contributed by atoms with Crippen molar-refractivity contribution in [1.29, 1.82) is 0 Å². The number of aromatic amines is 1. The van der Waals surface area contributed by atoms with Crippen molar-refractivity contribution >= 4 is 0 Å². The highest BCUT2D eigenvalue weighted by Gasteiger charge is 2.27. The topological polar surface area (TPSA) is 52.1 Å². The van der Waals surface area contributed by atoms with E-state index in [1.54, 1.807) is 18.5 Å². The molecule has 1 saturated heterocycles. The van der Waals surface area contributed by atoms with Gasteiger partial charge in [0.2, 0.25) is 0 Å². The molecule has 0 aliphatic carbocycles. The summed E-state index contributed by atoms with van der Waals surface area (Å²) in [5, 5.41) is 10.3. The maximum atomic E-state index is 13.4. The number of piperidine rings is 1. The molecule has 2 aromatic rings. The first-order valence-electron chi connectivity index (χ1n) is 7.78. The lowest BCUT2D eigenvalue weighted by Crippen LogP contribution is -2.35. The van der Waals surface area contributed by atoms with Crippen LogP contribution in [0.4, 0.5) is 4.39 Å². The van der Waals surface area contributed by atoms with Crippen LogP contribution in [0.3, 0.4) is 0 Å². The number of hydrogen-bond donors (Lipinski definition) is 2. The molecule has 1 atom stereocenters. The summed E-state index contributed by atoms with van der Waals surface area (Å²) in [4.78, 5) is 9.45. The van der Waals surface area contributed by atoms with Gasteiger partial charge in [-0.3, -0.25) is 4.90 Å². The summed E-state index contributed by atoms with van der Waals surface area (Å²) in [6.45, 7) is 4.62. The van der Waals surface area contributed by atoms with Gasteiger partial charge in [-0.1, -0.05) is 6.07 Å². The molecule has 1 fully saturated rings. The predicted octanol–water partition coefficient (Wildman–Crippen LogP) is 2.80. The molecule has 1 unspecified atom stereocenters. The van der Waals surface area contributed by atoms with E-state index in [4.69, 9.17) is 0 Å². The number of aliphatic hydroxyl groups is 1. The van der Waals surface area contributed by atoms with Crippen LogP contribution in [-0.2, 0) is 6.54 Å². The molecule has 0 bridgehead atoms. The number of aromatic nitrogens is 2. The fourth-order valence-corrected chi connectivity index (χ4v) is 3.14. The van der Waals surface area contributed by atoms with Crippen LogP contribution in [0.25, 0.3) is 0 Å². The molecule has 2 heterocycles. The Balaban J connectivity index is 1.57. The van der Waals surface area contributed by atoms with E-state index < -0.39 is 6.10 Å². The van der Waals surface area contributed by atoms with Crippen LogP contribution in [0.2, 0.25) is 0 Å². The SMILES string of the molecule is Cc1ccc(F)cc1CN1CCC(C(O)c2ncc[nH]2)CC1. The third kappa shape index (κ3) is 3.36. The Bertz CT molecular complexity index is 606. The van der Waals surface area contributed by atoms with Gasteiger partial charge in [-0.05, 0) is 62.0 Å². The normalized spacial score (nSPS) is 18.5. The Morgan fingerprint density at radius 3 is 2.86 bits per heavy atom. The maximum Gasteiger partial charge on any atom is 0.135 e. The Kier molecular flexibility index (Phi) is 4.55. The summed E-state index contributed by atoms with van der Waals surface area (Å²) in [7, 11) is 0. The minimum Gasteiger partial charge on any atom is -0.385 e. The fourth-order valence-electron chi connectivity index (χ4n) is 3.14. The van der Waals surface area contributed by atoms with Gasteiger partial charge < -0.3 is 10.1 Å². The second kappa shape index (κ2) is 6.58. The molecular weight excluding hydrogens is 281 g/mol. The number of aliphatic hydroxyl groups excluding tert-OH is 1. The number of nitrogens with one attached hydrogen (secondary N) is 1. The van der Waals surface area contributed by atoms with Gasteiger partial charge in [0, 0.05) is 18.9 Å². The van der Waals surface area contributed by atoms with E-state index >= 15 is 0 Å².